The summed E-state index contributed by atoms with van der Waals surface area (Å²) >= 11 is 0. The van der Waals surface area contributed by atoms with Gasteiger partial charge in [-0.05, 0) is 18.2 Å². The first kappa shape index (κ1) is 12.5. The summed E-state index contributed by atoms with van der Waals surface area (Å²) in [4.78, 5) is 20.9. The second kappa shape index (κ2) is 5.61. The van der Waals surface area contributed by atoms with E-state index < -0.39 is 4.92 Å². The molecule has 4 nitrogen and oxygen atoms in total. The monoisotopic (exact) mass is 251 g/mol. The zero-order valence-electron chi connectivity index (χ0n) is 9.87. The molecular weight excluding hydrogens is 242 g/mol. The van der Waals surface area contributed by atoms with Crippen molar-refractivity contribution >= 4 is 12.0 Å². The average molecular weight is 251 g/mol. The van der Waals surface area contributed by atoms with Crippen LogP contribution in [0, 0.1) is 22.0 Å². The summed E-state index contributed by atoms with van der Waals surface area (Å²) in [7, 11) is 0. The zero-order chi connectivity index (χ0) is 13.7. The third-order valence-corrected chi connectivity index (χ3v) is 2.51. The van der Waals surface area contributed by atoms with E-state index in [1.807, 2.05) is 0 Å². The van der Waals surface area contributed by atoms with Crippen LogP contribution in [0.1, 0.15) is 21.5 Å². The smallest absolute Gasteiger partial charge is 0.269 e. The van der Waals surface area contributed by atoms with E-state index in [2.05, 4.69) is 11.8 Å². The van der Waals surface area contributed by atoms with Gasteiger partial charge in [-0.15, -0.1) is 0 Å². The number of aldehydes is 1. The third-order valence-electron chi connectivity index (χ3n) is 2.51. The van der Waals surface area contributed by atoms with Crippen LogP contribution in [0.5, 0.6) is 0 Å². The Morgan fingerprint density at radius 1 is 1.00 bits per heavy atom. The molecule has 0 saturated heterocycles. The van der Waals surface area contributed by atoms with Crippen molar-refractivity contribution in [2.45, 2.75) is 0 Å². The Bertz CT molecular complexity index is 679. The van der Waals surface area contributed by atoms with E-state index in [0.29, 0.717) is 16.7 Å². The Morgan fingerprint density at radius 2 is 1.68 bits per heavy atom. The Balaban J connectivity index is 2.29. The molecule has 0 unspecified atom stereocenters. The van der Waals surface area contributed by atoms with E-state index in [0.717, 1.165) is 6.29 Å². The minimum atomic E-state index is -0.459. The normalized spacial score (nSPS) is 9.26. The number of rotatable bonds is 2. The standard InChI is InChI=1S/C15H9NO3/c17-11-14-4-2-1-3-13(14)8-5-12-6-9-15(10-7-12)16(18)19/h1-4,6-7,9-11H. The van der Waals surface area contributed by atoms with Crippen molar-refractivity contribution in [3.8, 4) is 11.8 Å². The predicted octanol–water partition coefficient (Wildman–Crippen LogP) is 2.81. The second-order valence-corrected chi connectivity index (χ2v) is 3.76. The Morgan fingerprint density at radius 3 is 2.32 bits per heavy atom. The molecule has 0 bridgehead atoms. The molecule has 0 amide bonds. The molecule has 0 radical (unpaired) electrons. The number of nitro groups is 1. The molecule has 0 heterocycles. The highest BCUT2D eigenvalue weighted by Crippen LogP contribution is 2.11. The molecule has 4 heteroatoms. The molecule has 19 heavy (non-hydrogen) atoms. The molecule has 0 aliphatic carbocycles. The fourth-order valence-corrected chi connectivity index (χ4v) is 1.52. The van der Waals surface area contributed by atoms with Gasteiger partial charge in [-0.2, -0.15) is 0 Å². The van der Waals surface area contributed by atoms with E-state index in [1.165, 1.54) is 12.1 Å². The number of nitro benzene ring substituents is 1. The van der Waals surface area contributed by atoms with E-state index in [4.69, 9.17) is 0 Å². The van der Waals surface area contributed by atoms with Gasteiger partial charge in [0, 0.05) is 28.8 Å². The van der Waals surface area contributed by atoms with Gasteiger partial charge in [0.2, 0.25) is 0 Å². The number of carbonyl (C=O) groups excluding carboxylic acids is 1. The fraction of sp³-hybridized carbons (Fsp3) is 0. The molecule has 92 valence electrons. The summed E-state index contributed by atoms with van der Waals surface area (Å²) in [6.07, 6.45) is 0.750. The van der Waals surface area contributed by atoms with E-state index in [1.54, 1.807) is 36.4 Å². The molecule has 2 aromatic rings. The highest BCUT2D eigenvalue weighted by Gasteiger charge is 2.02. The van der Waals surface area contributed by atoms with Gasteiger partial charge < -0.3 is 0 Å². The first-order chi connectivity index (χ1) is 9.20. The van der Waals surface area contributed by atoms with Crippen molar-refractivity contribution in [2.24, 2.45) is 0 Å². The van der Waals surface area contributed by atoms with Gasteiger partial charge in [-0.25, -0.2) is 0 Å². The van der Waals surface area contributed by atoms with Crippen molar-refractivity contribution in [1.82, 2.24) is 0 Å². The lowest BCUT2D eigenvalue weighted by Crippen LogP contribution is -1.87. The van der Waals surface area contributed by atoms with Crippen LogP contribution in [-0.2, 0) is 0 Å². The fourth-order valence-electron chi connectivity index (χ4n) is 1.52. The van der Waals surface area contributed by atoms with Crippen molar-refractivity contribution in [3.05, 3.63) is 75.3 Å². The maximum atomic E-state index is 10.8. The van der Waals surface area contributed by atoms with E-state index >= 15 is 0 Å². The minimum absolute atomic E-state index is 0.0267. The zero-order valence-corrected chi connectivity index (χ0v) is 9.87. The van der Waals surface area contributed by atoms with Crippen LogP contribution in [-0.4, -0.2) is 11.2 Å². The maximum absolute atomic E-state index is 10.8. The summed E-state index contributed by atoms with van der Waals surface area (Å²) < 4.78 is 0. The van der Waals surface area contributed by atoms with Crippen molar-refractivity contribution in [1.29, 1.82) is 0 Å². The van der Waals surface area contributed by atoms with Crippen LogP contribution in [0.25, 0.3) is 0 Å². The molecule has 0 aromatic heterocycles. The molecule has 0 N–H and O–H groups in total. The summed E-state index contributed by atoms with van der Waals surface area (Å²) in [5, 5.41) is 10.5. The number of nitrogens with zero attached hydrogens (tertiary/aromatic N) is 1. The quantitative estimate of drug-likeness (QED) is 0.357. The lowest BCUT2D eigenvalue weighted by atomic mass is 10.1. The van der Waals surface area contributed by atoms with E-state index in [9.17, 15) is 14.9 Å². The predicted molar refractivity (Wildman–Crippen MR) is 70.9 cm³/mol. The van der Waals surface area contributed by atoms with Crippen molar-refractivity contribution in [3.63, 3.8) is 0 Å². The van der Waals surface area contributed by atoms with Crippen LogP contribution < -0.4 is 0 Å². The SMILES string of the molecule is O=Cc1ccccc1C#Cc1ccc([N+](=O)[O-])cc1. The number of carbonyl (C=O) groups is 1. The first-order valence-electron chi connectivity index (χ1n) is 5.51. The Labute approximate surface area is 109 Å². The molecule has 0 fully saturated rings. The largest absolute Gasteiger partial charge is 0.298 e. The number of hydrogen-bond donors (Lipinski definition) is 0. The molecule has 0 aliphatic heterocycles. The number of benzene rings is 2. The number of hydrogen-bond acceptors (Lipinski definition) is 3. The lowest BCUT2D eigenvalue weighted by molar-refractivity contribution is -0.384. The third kappa shape index (κ3) is 3.05. The van der Waals surface area contributed by atoms with Crippen LogP contribution in [0.15, 0.2) is 48.5 Å². The Hall–Kier alpha value is -2.93. The highest BCUT2D eigenvalue weighted by molar-refractivity contribution is 5.79. The van der Waals surface area contributed by atoms with Gasteiger partial charge in [0.25, 0.3) is 5.69 Å². The first-order valence-corrected chi connectivity index (χ1v) is 5.51. The average Bonchev–Trinajstić information content (AvgIpc) is 2.45. The number of non-ortho nitro benzene ring substituents is 1. The van der Waals surface area contributed by atoms with Gasteiger partial charge in [-0.1, -0.05) is 30.0 Å². The molecular formula is C15H9NO3. The molecule has 2 rings (SSSR count). The van der Waals surface area contributed by atoms with E-state index in [-0.39, 0.29) is 5.69 Å². The van der Waals surface area contributed by atoms with Crippen LogP contribution in [0.4, 0.5) is 5.69 Å². The van der Waals surface area contributed by atoms with Gasteiger partial charge >= 0.3 is 0 Å². The topological polar surface area (TPSA) is 60.2 Å². The van der Waals surface area contributed by atoms with Gasteiger partial charge in [0.1, 0.15) is 0 Å². The maximum Gasteiger partial charge on any atom is 0.269 e. The van der Waals surface area contributed by atoms with Crippen molar-refractivity contribution in [2.75, 3.05) is 0 Å². The van der Waals surface area contributed by atoms with Crippen LogP contribution >= 0.6 is 0 Å². The molecule has 0 aliphatic rings. The van der Waals surface area contributed by atoms with Gasteiger partial charge in [0.05, 0.1) is 4.92 Å². The van der Waals surface area contributed by atoms with Gasteiger partial charge in [0.15, 0.2) is 6.29 Å². The highest BCUT2D eigenvalue weighted by atomic mass is 16.6. The molecule has 0 atom stereocenters. The molecule has 2 aromatic carbocycles. The van der Waals surface area contributed by atoms with Crippen LogP contribution in [0.2, 0.25) is 0 Å². The second-order valence-electron chi connectivity index (χ2n) is 3.76. The summed E-state index contributed by atoms with van der Waals surface area (Å²) in [5.41, 5.74) is 1.85. The Kier molecular flexibility index (Phi) is 3.70. The summed E-state index contributed by atoms with van der Waals surface area (Å²) in [6.45, 7) is 0. The minimum Gasteiger partial charge on any atom is -0.298 e. The summed E-state index contributed by atoms with van der Waals surface area (Å²) in [6, 6.07) is 13.0. The lowest BCUT2D eigenvalue weighted by Gasteiger charge is -1.94. The summed E-state index contributed by atoms with van der Waals surface area (Å²) in [5.74, 6) is 5.75. The molecule has 0 saturated carbocycles. The molecule has 0 spiro atoms. The van der Waals surface area contributed by atoms with Crippen molar-refractivity contribution < 1.29 is 9.72 Å². The van der Waals surface area contributed by atoms with Crippen LogP contribution in [0.3, 0.4) is 0 Å². The van der Waals surface area contributed by atoms with Gasteiger partial charge in [-0.3, -0.25) is 14.9 Å².